The first kappa shape index (κ1) is 14.7. The second-order valence-corrected chi connectivity index (χ2v) is 4.88. The van der Waals surface area contributed by atoms with Crippen LogP contribution in [-0.4, -0.2) is 7.05 Å². The third-order valence-corrected chi connectivity index (χ3v) is 3.33. The Bertz CT molecular complexity index is 334. The van der Waals surface area contributed by atoms with Crippen molar-refractivity contribution in [3.63, 3.8) is 0 Å². The maximum Gasteiger partial charge on any atom is 0.0624 e. The Morgan fingerprint density at radius 3 is 2.39 bits per heavy atom. The summed E-state index contributed by atoms with van der Waals surface area (Å²) in [6, 6.07) is 12.6. The van der Waals surface area contributed by atoms with E-state index in [1.807, 2.05) is 25.2 Å². The molecule has 98 valence electrons. The quantitative estimate of drug-likeness (QED) is 0.875. The van der Waals surface area contributed by atoms with E-state index < -0.39 is 0 Å². The van der Waals surface area contributed by atoms with Gasteiger partial charge in [0.05, 0.1) is 6.07 Å². The van der Waals surface area contributed by atoms with E-state index in [1.54, 1.807) is 0 Å². The molecule has 2 heteroatoms. The van der Waals surface area contributed by atoms with Crippen molar-refractivity contribution in [2.45, 2.75) is 45.1 Å². The third-order valence-electron chi connectivity index (χ3n) is 3.33. The molecule has 1 aliphatic rings. The Labute approximate surface area is 111 Å². The SMILES string of the molecule is CNCc1ccccc1.N#CCC1CCCCC1. The predicted molar refractivity (Wildman–Crippen MR) is 76.0 cm³/mol. The highest BCUT2D eigenvalue weighted by Gasteiger charge is 2.11. The molecule has 0 amide bonds. The van der Waals surface area contributed by atoms with Crippen molar-refractivity contribution >= 4 is 0 Å². The van der Waals surface area contributed by atoms with Crippen molar-refractivity contribution in [2.75, 3.05) is 7.05 Å². The Morgan fingerprint density at radius 1 is 1.17 bits per heavy atom. The number of benzene rings is 1. The van der Waals surface area contributed by atoms with Crippen LogP contribution in [0, 0.1) is 17.2 Å². The Balaban J connectivity index is 0.000000180. The summed E-state index contributed by atoms with van der Waals surface area (Å²) in [5, 5.41) is 11.5. The normalized spacial score (nSPS) is 15.3. The molecule has 0 aliphatic heterocycles. The zero-order valence-electron chi connectivity index (χ0n) is 11.4. The summed E-state index contributed by atoms with van der Waals surface area (Å²) >= 11 is 0. The van der Waals surface area contributed by atoms with Crippen LogP contribution in [0.1, 0.15) is 44.1 Å². The van der Waals surface area contributed by atoms with Crippen molar-refractivity contribution in [1.29, 1.82) is 5.26 Å². The van der Waals surface area contributed by atoms with E-state index in [0.29, 0.717) is 0 Å². The second-order valence-electron chi connectivity index (χ2n) is 4.88. The molecular formula is C16H24N2. The topological polar surface area (TPSA) is 35.8 Å². The Hall–Kier alpha value is -1.33. The molecule has 0 radical (unpaired) electrons. The van der Waals surface area contributed by atoms with Crippen molar-refractivity contribution in [2.24, 2.45) is 5.92 Å². The summed E-state index contributed by atoms with van der Waals surface area (Å²) in [6.45, 7) is 0.959. The lowest BCUT2D eigenvalue weighted by atomic mass is 9.87. The van der Waals surface area contributed by atoms with Gasteiger partial charge in [-0.05, 0) is 31.4 Å². The molecule has 0 spiro atoms. The van der Waals surface area contributed by atoms with Crippen LogP contribution in [0.5, 0.6) is 0 Å². The molecule has 1 aromatic carbocycles. The van der Waals surface area contributed by atoms with Gasteiger partial charge in [0.15, 0.2) is 0 Å². The van der Waals surface area contributed by atoms with Gasteiger partial charge in [-0.1, -0.05) is 49.6 Å². The molecule has 1 aromatic rings. The minimum atomic E-state index is 0.740. The molecule has 0 bridgehead atoms. The largest absolute Gasteiger partial charge is 0.316 e. The first-order chi connectivity index (χ1) is 8.86. The first-order valence-electron chi connectivity index (χ1n) is 6.92. The summed E-state index contributed by atoms with van der Waals surface area (Å²) in [6.07, 6.45) is 7.49. The van der Waals surface area contributed by atoms with Gasteiger partial charge in [0, 0.05) is 13.0 Å². The van der Waals surface area contributed by atoms with Crippen molar-refractivity contribution in [1.82, 2.24) is 5.32 Å². The lowest BCUT2D eigenvalue weighted by Crippen LogP contribution is -2.04. The van der Waals surface area contributed by atoms with Crippen LogP contribution in [0.25, 0.3) is 0 Å². The van der Waals surface area contributed by atoms with Gasteiger partial charge < -0.3 is 5.32 Å². The first-order valence-corrected chi connectivity index (χ1v) is 6.92. The molecule has 1 N–H and O–H groups in total. The Morgan fingerprint density at radius 2 is 1.83 bits per heavy atom. The number of hydrogen-bond acceptors (Lipinski definition) is 2. The van der Waals surface area contributed by atoms with Crippen LogP contribution in [0.15, 0.2) is 30.3 Å². The molecule has 1 aliphatic carbocycles. The molecule has 18 heavy (non-hydrogen) atoms. The highest BCUT2D eigenvalue weighted by Crippen LogP contribution is 2.25. The number of nitrogens with zero attached hydrogens (tertiary/aromatic N) is 1. The van der Waals surface area contributed by atoms with Gasteiger partial charge in [-0.25, -0.2) is 0 Å². The molecule has 0 saturated heterocycles. The van der Waals surface area contributed by atoms with Gasteiger partial charge in [-0.2, -0.15) is 5.26 Å². The van der Waals surface area contributed by atoms with E-state index in [0.717, 1.165) is 18.9 Å². The number of nitriles is 1. The number of rotatable bonds is 3. The minimum Gasteiger partial charge on any atom is -0.316 e. The van der Waals surface area contributed by atoms with Crippen LogP contribution in [0.4, 0.5) is 0 Å². The zero-order chi connectivity index (χ0) is 13.1. The molecule has 1 fully saturated rings. The van der Waals surface area contributed by atoms with Crippen LogP contribution in [-0.2, 0) is 6.54 Å². The molecule has 0 unspecified atom stereocenters. The highest BCUT2D eigenvalue weighted by molar-refractivity contribution is 5.13. The monoisotopic (exact) mass is 244 g/mol. The maximum atomic E-state index is 8.37. The molecule has 2 rings (SSSR count). The zero-order valence-corrected chi connectivity index (χ0v) is 11.4. The molecule has 0 aromatic heterocycles. The lowest BCUT2D eigenvalue weighted by molar-refractivity contribution is 0.364. The number of nitrogens with one attached hydrogen (secondary N) is 1. The fourth-order valence-corrected chi connectivity index (χ4v) is 2.32. The summed E-state index contributed by atoms with van der Waals surface area (Å²) in [5.74, 6) is 0.740. The van der Waals surface area contributed by atoms with E-state index in [4.69, 9.17) is 5.26 Å². The van der Waals surface area contributed by atoms with E-state index in [-0.39, 0.29) is 0 Å². The van der Waals surface area contributed by atoms with E-state index in [2.05, 4.69) is 23.5 Å². The second kappa shape index (κ2) is 9.67. The average molecular weight is 244 g/mol. The Kier molecular flexibility index (Phi) is 7.92. The molecule has 2 nitrogen and oxygen atoms in total. The summed E-state index contributed by atoms with van der Waals surface area (Å²) in [7, 11) is 1.95. The van der Waals surface area contributed by atoms with E-state index in [1.165, 1.54) is 37.7 Å². The standard InChI is InChI=1S/C8H11N.C8H13N/c1-9-7-8-5-3-2-4-6-8;9-7-6-8-4-2-1-3-5-8/h2-6,9H,7H2,1H3;8H,1-6H2. The smallest absolute Gasteiger partial charge is 0.0624 e. The van der Waals surface area contributed by atoms with Crippen molar-refractivity contribution in [3.8, 4) is 6.07 Å². The number of hydrogen-bond donors (Lipinski definition) is 1. The molecule has 0 atom stereocenters. The van der Waals surface area contributed by atoms with Crippen LogP contribution >= 0.6 is 0 Å². The van der Waals surface area contributed by atoms with Crippen LogP contribution < -0.4 is 5.32 Å². The van der Waals surface area contributed by atoms with Gasteiger partial charge >= 0.3 is 0 Å². The molecule has 0 heterocycles. The van der Waals surface area contributed by atoms with Crippen molar-refractivity contribution < 1.29 is 0 Å². The summed E-state index contributed by atoms with van der Waals surface area (Å²) < 4.78 is 0. The summed E-state index contributed by atoms with van der Waals surface area (Å²) in [5.41, 5.74) is 1.33. The lowest BCUT2D eigenvalue weighted by Gasteiger charge is -2.17. The summed E-state index contributed by atoms with van der Waals surface area (Å²) in [4.78, 5) is 0. The van der Waals surface area contributed by atoms with E-state index in [9.17, 15) is 0 Å². The average Bonchev–Trinajstić information content (AvgIpc) is 2.43. The predicted octanol–water partition coefficient (Wildman–Crippen LogP) is 3.89. The van der Waals surface area contributed by atoms with Gasteiger partial charge in [-0.3, -0.25) is 0 Å². The van der Waals surface area contributed by atoms with Gasteiger partial charge in [-0.15, -0.1) is 0 Å². The maximum absolute atomic E-state index is 8.37. The van der Waals surface area contributed by atoms with Crippen molar-refractivity contribution in [3.05, 3.63) is 35.9 Å². The van der Waals surface area contributed by atoms with Crippen LogP contribution in [0.3, 0.4) is 0 Å². The molecule has 1 saturated carbocycles. The fraction of sp³-hybridized carbons (Fsp3) is 0.562. The van der Waals surface area contributed by atoms with Gasteiger partial charge in [0.1, 0.15) is 0 Å². The molecular weight excluding hydrogens is 220 g/mol. The van der Waals surface area contributed by atoms with Crippen LogP contribution in [0.2, 0.25) is 0 Å². The van der Waals surface area contributed by atoms with E-state index >= 15 is 0 Å². The van der Waals surface area contributed by atoms with Gasteiger partial charge in [0.25, 0.3) is 0 Å². The third kappa shape index (κ3) is 6.42. The fourth-order valence-electron chi connectivity index (χ4n) is 2.32. The highest BCUT2D eigenvalue weighted by atomic mass is 14.8. The minimum absolute atomic E-state index is 0.740. The van der Waals surface area contributed by atoms with Gasteiger partial charge in [0.2, 0.25) is 0 Å².